The zero-order valence-electron chi connectivity index (χ0n) is 12.3. The second kappa shape index (κ2) is 5.67. The molecule has 3 aromatic rings. The van der Waals surface area contributed by atoms with Crippen LogP contribution < -0.4 is 9.64 Å². The number of nitrogens with zero attached hydrogens (tertiary/aromatic N) is 4. The Kier molecular flexibility index (Phi) is 3.39. The molecule has 5 nitrogen and oxygen atoms in total. The van der Waals surface area contributed by atoms with Gasteiger partial charge in [-0.05, 0) is 31.0 Å². The molecule has 0 spiro atoms. The van der Waals surface area contributed by atoms with Gasteiger partial charge in [-0.15, -0.1) is 0 Å². The van der Waals surface area contributed by atoms with Crippen LogP contribution in [0.15, 0.2) is 54.9 Å². The smallest absolute Gasteiger partial charge is 0.157 e. The maximum absolute atomic E-state index is 5.93. The Bertz CT molecular complexity index is 755. The van der Waals surface area contributed by atoms with Crippen LogP contribution in [0.3, 0.4) is 0 Å². The van der Waals surface area contributed by atoms with Gasteiger partial charge in [-0.3, -0.25) is 0 Å². The van der Waals surface area contributed by atoms with Crippen LogP contribution in [0.1, 0.15) is 12.8 Å². The third-order valence-corrected chi connectivity index (χ3v) is 4.10. The van der Waals surface area contributed by atoms with Gasteiger partial charge in [0, 0.05) is 18.8 Å². The molecule has 112 valence electrons. The van der Waals surface area contributed by atoms with Crippen LogP contribution in [0.2, 0.25) is 0 Å². The molecule has 4 rings (SSSR count). The molecule has 1 saturated heterocycles. The van der Waals surface area contributed by atoms with Crippen LogP contribution in [-0.2, 0) is 0 Å². The van der Waals surface area contributed by atoms with Crippen LogP contribution in [0.5, 0.6) is 5.75 Å². The van der Waals surface area contributed by atoms with Crippen molar-refractivity contribution in [2.75, 3.05) is 18.1 Å². The fourth-order valence-corrected chi connectivity index (χ4v) is 2.98. The van der Waals surface area contributed by atoms with Gasteiger partial charge in [-0.2, -0.15) is 5.10 Å². The maximum atomic E-state index is 5.93. The molecule has 1 fully saturated rings. The minimum Gasteiger partial charge on any atom is -0.491 e. The molecule has 22 heavy (non-hydrogen) atoms. The SMILES string of the molecule is c1ccc(OC[C@H]2CCCN2c2ccn3nccc3n2)cc1. The summed E-state index contributed by atoms with van der Waals surface area (Å²) in [4.78, 5) is 7.04. The van der Waals surface area contributed by atoms with Crippen LogP contribution in [-0.4, -0.2) is 33.8 Å². The molecule has 0 radical (unpaired) electrons. The van der Waals surface area contributed by atoms with E-state index in [0.717, 1.165) is 30.2 Å². The number of benzene rings is 1. The highest BCUT2D eigenvalue weighted by molar-refractivity contribution is 5.48. The van der Waals surface area contributed by atoms with Gasteiger partial charge in [0.05, 0.1) is 12.2 Å². The molecule has 0 unspecified atom stereocenters. The van der Waals surface area contributed by atoms with Crippen LogP contribution >= 0.6 is 0 Å². The summed E-state index contributed by atoms with van der Waals surface area (Å²) in [6.07, 6.45) is 6.05. The summed E-state index contributed by atoms with van der Waals surface area (Å²) >= 11 is 0. The number of ether oxygens (including phenoxy) is 1. The second-order valence-electron chi connectivity index (χ2n) is 5.53. The largest absolute Gasteiger partial charge is 0.491 e. The minimum absolute atomic E-state index is 0.373. The van der Waals surface area contributed by atoms with E-state index >= 15 is 0 Å². The fraction of sp³-hybridized carbons (Fsp3) is 0.294. The monoisotopic (exact) mass is 294 g/mol. The molecule has 0 N–H and O–H groups in total. The van der Waals surface area contributed by atoms with Crippen molar-refractivity contribution in [3.05, 3.63) is 54.9 Å². The quantitative estimate of drug-likeness (QED) is 0.742. The number of rotatable bonds is 4. The first-order valence-corrected chi connectivity index (χ1v) is 7.65. The van der Waals surface area contributed by atoms with Crippen molar-refractivity contribution < 1.29 is 4.74 Å². The van der Waals surface area contributed by atoms with E-state index in [-0.39, 0.29) is 0 Å². The van der Waals surface area contributed by atoms with Gasteiger partial charge in [0.25, 0.3) is 0 Å². The van der Waals surface area contributed by atoms with E-state index in [1.54, 1.807) is 10.7 Å². The highest BCUT2D eigenvalue weighted by atomic mass is 16.5. The van der Waals surface area contributed by atoms with Crippen molar-refractivity contribution in [1.29, 1.82) is 0 Å². The molecule has 2 aromatic heterocycles. The number of hydrogen-bond acceptors (Lipinski definition) is 4. The number of anilines is 1. The summed E-state index contributed by atoms with van der Waals surface area (Å²) in [6, 6.07) is 14.3. The summed E-state index contributed by atoms with van der Waals surface area (Å²) in [5.74, 6) is 1.93. The van der Waals surface area contributed by atoms with Gasteiger partial charge in [0.15, 0.2) is 5.65 Å². The van der Waals surface area contributed by atoms with Crippen molar-refractivity contribution in [2.45, 2.75) is 18.9 Å². The van der Waals surface area contributed by atoms with Gasteiger partial charge in [0.2, 0.25) is 0 Å². The molecule has 3 heterocycles. The van der Waals surface area contributed by atoms with Gasteiger partial charge in [-0.25, -0.2) is 9.50 Å². The zero-order chi connectivity index (χ0) is 14.8. The molecule has 0 saturated carbocycles. The van der Waals surface area contributed by atoms with Gasteiger partial charge >= 0.3 is 0 Å². The van der Waals surface area contributed by atoms with E-state index in [4.69, 9.17) is 9.72 Å². The summed E-state index contributed by atoms with van der Waals surface area (Å²) in [6.45, 7) is 1.72. The zero-order valence-corrected chi connectivity index (χ0v) is 12.3. The van der Waals surface area contributed by atoms with E-state index in [1.807, 2.05) is 48.7 Å². The Balaban J connectivity index is 1.50. The summed E-state index contributed by atoms with van der Waals surface area (Å²) in [5, 5.41) is 4.19. The van der Waals surface area contributed by atoms with Crippen LogP contribution in [0, 0.1) is 0 Å². The van der Waals surface area contributed by atoms with E-state index in [0.29, 0.717) is 12.6 Å². The highest BCUT2D eigenvalue weighted by Crippen LogP contribution is 2.25. The minimum atomic E-state index is 0.373. The number of aromatic nitrogens is 3. The third kappa shape index (κ3) is 2.50. The van der Waals surface area contributed by atoms with E-state index in [1.165, 1.54) is 6.42 Å². The van der Waals surface area contributed by atoms with E-state index in [9.17, 15) is 0 Å². The fourth-order valence-electron chi connectivity index (χ4n) is 2.98. The van der Waals surface area contributed by atoms with Crippen LogP contribution in [0.4, 0.5) is 5.82 Å². The van der Waals surface area contributed by atoms with Crippen molar-refractivity contribution in [1.82, 2.24) is 14.6 Å². The Morgan fingerprint density at radius 1 is 1.14 bits per heavy atom. The molecule has 1 aliphatic heterocycles. The highest BCUT2D eigenvalue weighted by Gasteiger charge is 2.26. The predicted molar refractivity (Wildman–Crippen MR) is 85.3 cm³/mol. The first kappa shape index (κ1) is 13.1. The number of fused-ring (bicyclic) bond motifs is 1. The van der Waals surface area contributed by atoms with Crippen molar-refractivity contribution in [2.24, 2.45) is 0 Å². The molecule has 0 amide bonds. The average molecular weight is 294 g/mol. The summed E-state index contributed by atoms with van der Waals surface area (Å²) in [7, 11) is 0. The lowest BCUT2D eigenvalue weighted by atomic mass is 10.2. The standard InChI is InChI=1S/C17H18N4O/c1-2-6-15(7-3-1)22-13-14-5-4-11-20(14)16-9-12-21-17(19-16)8-10-18-21/h1-3,6-10,12,14H,4-5,11,13H2/t14-/m1/s1. The Morgan fingerprint density at radius 3 is 2.95 bits per heavy atom. The van der Waals surface area contributed by atoms with Crippen molar-refractivity contribution >= 4 is 11.5 Å². The second-order valence-corrected chi connectivity index (χ2v) is 5.53. The average Bonchev–Trinajstić information content (AvgIpc) is 3.22. The van der Waals surface area contributed by atoms with Gasteiger partial charge in [0.1, 0.15) is 18.2 Å². The molecular weight excluding hydrogens is 276 g/mol. The molecule has 1 atom stereocenters. The third-order valence-electron chi connectivity index (χ3n) is 4.10. The maximum Gasteiger partial charge on any atom is 0.157 e. The van der Waals surface area contributed by atoms with Crippen molar-refractivity contribution in [3.8, 4) is 5.75 Å². The summed E-state index contributed by atoms with van der Waals surface area (Å²) in [5.41, 5.74) is 0.882. The normalized spacial score (nSPS) is 18.0. The van der Waals surface area contributed by atoms with Gasteiger partial charge < -0.3 is 9.64 Å². The predicted octanol–water partition coefficient (Wildman–Crippen LogP) is 2.78. The van der Waals surface area contributed by atoms with Gasteiger partial charge in [-0.1, -0.05) is 18.2 Å². The van der Waals surface area contributed by atoms with Crippen LogP contribution in [0.25, 0.3) is 5.65 Å². The first-order chi connectivity index (χ1) is 10.9. The number of para-hydroxylation sites is 1. The first-order valence-electron chi connectivity index (χ1n) is 7.65. The van der Waals surface area contributed by atoms with Crippen molar-refractivity contribution in [3.63, 3.8) is 0 Å². The summed E-state index contributed by atoms with van der Waals surface area (Å²) < 4.78 is 7.71. The Labute approximate surface area is 129 Å². The molecule has 5 heteroatoms. The lowest BCUT2D eigenvalue weighted by Crippen LogP contribution is -2.34. The van der Waals surface area contributed by atoms with E-state index < -0.39 is 0 Å². The molecule has 0 aliphatic carbocycles. The lowest BCUT2D eigenvalue weighted by molar-refractivity contribution is 0.288. The molecule has 0 bridgehead atoms. The Hall–Kier alpha value is -2.56. The molecule has 1 aromatic carbocycles. The lowest BCUT2D eigenvalue weighted by Gasteiger charge is -2.25. The topological polar surface area (TPSA) is 42.7 Å². The molecular formula is C17H18N4O. The molecule has 1 aliphatic rings. The Morgan fingerprint density at radius 2 is 2.05 bits per heavy atom. The number of hydrogen-bond donors (Lipinski definition) is 0. The van der Waals surface area contributed by atoms with E-state index in [2.05, 4.69) is 10.00 Å².